The summed E-state index contributed by atoms with van der Waals surface area (Å²) in [6, 6.07) is 15.9. The zero-order valence-corrected chi connectivity index (χ0v) is 15.5. The quantitative estimate of drug-likeness (QED) is 0.748. The van der Waals surface area contributed by atoms with Crippen LogP contribution >= 0.6 is 0 Å². The first-order valence-electron chi connectivity index (χ1n) is 8.60. The fourth-order valence-corrected chi connectivity index (χ4v) is 2.80. The normalized spacial score (nSPS) is 10.5. The van der Waals surface area contributed by atoms with Crippen LogP contribution in [-0.2, 0) is 6.54 Å². The lowest BCUT2D eigenvalue weighted by Crippen LogP contribution is -2.28. The molecule has 0 aliphatic heterocycles. The molecule has 0 radical (unpaired) electrons. The van der Waals surface area contributed by atoms with E-state index in [4.69, 9.17) is 4.52 Å². The van der Waals surface area contributed by atoms with Crippen LogP contribution in [0, 0.1) is 13.8 Å². The predicted octanol–water partition coefficient (Wildman–Crippen LogP) is 3.82. The lowest BCUT2D eigenvalue weighted by atomic mass is 10.1. The number of benzene rings is 2. The molecular weight excluding hydrogens is 342 g/mol. The van der Waals surface area contributed by atoms with Crippen molar-refractivity contribution in [1.82, 2.24) is 10.1 Å². The summed E-state index contributed by atoms with van der Waals surface area (Å²) in [7, 11) is 1.71. The average molecular weight is 363 g/mol. The van der Waals surface area contributed by atoms with Crippen LogP contribution in [0.1, 0.15) is 37.7 Å². The molecule has 1 heterocycles. The molecule has 0 atom stereocenters. The Morgan fingerprint density at radius 1 is 1.04 bits per heavy atom. The molecule has 6 nitrogen and oxygen atoms in total. The molecule has 0 aliphatic rings. The minimum absolute atomic E-state index is 0.195. The fourth-order valence-electron chi connectivity index (χ4n) is 2.80. The van der Waals surface area contributed by atoms with Crippen LogP contribution < -0.4 is 5.32 Å². The van der Waals surface area contributed by atoms with Gasteiger partial charge in [0.05, 0.1) is 23.5 Å². The summed E-state index contributed by atoms with van der Waals surface area (Å²) in [6.07, 6.45) is 0. The number of nitrogens with zero attached hydrogens (tertiary/aromatic N) is 2. The third-order valence-corrected chi connectivity index (χ3v) is 4.36. The summed E-state index contributed by atoms with van der Waals surface area (Å²) in [4.78, 5) is 27.0. The Bertz CT molecular complexity index is 944. The molecule has 1 aromatic heterocycles. The predicted molar refractivity (Wildman–Crippen MR) is 103 cm³/mol. The minimum Gasteiger partial charge on any atom is -0.361 e. The molecule has 0 spiro atoms. The van der Waals surface area contributed by atoms with Crippen LogP contribution in [0.15, 0.2) is 59.1 Å². The van der Waals surface area contributed by atoms with Crippen LogP contribution in [0.2, 0.25) is 0 Å². The van der Waals surface area contributed by atoms with Crippen LogP contribution in [0.5, 0.6) is 0 Å². The number of hydrogen-bond donors (Lipinski definition) is 1. The lowest BCUT2D eigenvalue weighted by Gasteiger charge is -2.19. The fraction of sp³-hybridized carbons (Fsp3) is 0.190. The highest BCUT2D eigenvalue weighted by atomic mass is 16.5. The van der Waals surface area contributed by atoms with E-state index in [2.05, 4.69) is 10.5 Å². The van der Waals surface area contributed by atoms with Gasteiger partial charge in [-0.25, -0.2) is 0 Å². The van der Waals surface area contributed by atoms with Gasteiger partial charge < -0.3 is 14.7 Å². The summed E-state index contributed by atoms with van der Waals surface area (Å²) in [5, 5.41) is 6.75. The highest BCUT2D eigenvalue weighted by molar-refractivity contribution is 6.08. The van der Waals surface area contributed by atoms with E-state index in [1.54, 1.807) is 60.5 Å². The first kappa shape index (κ1) is 18.4. The average Bonchev–Trinajstić information content (AvgIpc) is 3.00. The summed E-state index contributed by atoms with van der Waals surface area (Å²) < 4.78 is 5.16. The SMILES string of the molecule is Cc1noc(C)c1CN(C)C(=O)c1ccccc1NC(=O)c1ccccc1. The molecular formula is C21H21N3O3. The van der Waals surface area contributed by atoms with Gasteiger partial charge in [-0.2, -0.15) is 0 Å². The number of nitrogens with one attached hydrogen (secondary N) is 1. The zero-order chi connectivity index (χ0) is 19.4. The molecule has 138 valence electrons. The maximum absolute atomic E-state index is 13.0. The Hall–Kier alpha value is -3.41. The van der Waals surface area contributed by atoms with Gasteiger partial charge in [0, 0.05) is 18.2 Å². The molecule has 3 rings (SSSR count). The van der Waals surface area contributed by atoms with Crippen LogP contribution in [0.3, 0.4) is 0 Å². The van der Waals surface area contributed by atoms with Gasteiger partial charge in [-0.1, -0.05) is 35.5 Å². The van der Waals surface area contributed by atoms with Gasteiger partial charge in [0.15, 0.2) is 0 Å². The van der Waals surface area contributed by atoms with Crippen molar-refractivity contribution in [3.05, 3.63) is 82.7 Å². The highest BCUT2D eigenvalue weighted by Crippen LogP contribution is 2.20. The Balaban J connectivity index is 1.80. The topological polar surface area (TPSA) is 75.4 Å². The standard InChI is InChI=1S/C21H21N3O3/c1-14-18(15(2)27-23-14)13-24(3)21(26)17-11-7-8-12-19(17)22-20(25)16-9-5-4-6-10-16/h4-12H,13H2,1-3H3,(H,22,25). The second-order valence-electron chi connectivity index (χ2n) is 6.33. The van der Waals surface area contributed by atoms with Crippen molar-refractivity contribution < 1.29 is 14.1 Å². The summed E-state index contributed by atoms with van der Waals surface area (Å²) in [5.74, 6) is 0.237. The monoisotopic (exact) mass is 363 g/mol. The molecule has 0 aliphatic carbocycles. The number of amides is 2. The van der Waals surface area contributed by atoms with E-state index >= 15 is 0 Å². The molecule has 0 saturated heterocycles. The largest absolute Gasteiger partial charge is 0.361 e. The Labute approximate surface area is 157 Å². The van der Waals surface area contributed by atoms with Gasteiger partial charge in [0.2, 0.25) is 0 Å². The second-order valence-corrected chi connectivity index (χ2v) is 6.33. The number of aromatic nitrogens is 1. The number of para-hydroxylation sites is 1. The smallest absolute Gasteiger partial charge is 0.256 e. The van der Waals surface area contributed by atoms with E-state index in [9.17, 15) is 9.59 Å². The molecule has 27 heavy (non-hydrogen) atoms. The van der Waals surface area contributed by atoms with E-state index in [0.717, 1.165) is 11.3 Å². The molecule has 0 bridgehead atoms. The van der Waals surface area contributed by atoms with Crippen molar-refractivity contribution >= 4 is 17.5 Å². The Morgan fingerprint density at radius 2 is 1.70 bits per heavy atom. The molecule has 0 unspecified atom stereocenters. The Morgan fingerprint density at radius 3 is 2.37 bits per heavy atom. The molecule has 6 heteroatoms. The van der Waals surface area contributed by atoms with E-state index in [1.165, 1.54) is 0 Å². The Kier molecular flexibility index (Phi) is 5.35. The number of hydrogen-bond acceptors (Lipinski definition) is 4. The molecule has 0 fully saturated rings. The highest BCUT2D eigenvalue weighted by Gasteiger charge is 2.20. The number of carbonyl (C=O) groups is 2. The summed E-state index contributed by atoms with van der Waals surface area (Å²) in [5.41, 5.74) is 3.08. The first-order valence-corrected chi connectivity index (χ1v) is 8.60. The summed E-state index contributed by atoms with van der Waals surface area (Å²) in [6.45, 7) is 4.04. The van der Waals surface area contributed by atoms with Crippen molar-refractivity contribution in [2.75, 3.05) is 12.4 Å². The number of carbonyl (C=O) groups excluding carboxylic acids is 2. The molecule has 2 aromatic carbocycles. The number of anilines is 1. The minimum atomic E-state index is -0.260. The van der Waals surface area contributed by atoms with Gasteiger partial charge in [-0.3, -0.25) is 9.59 Å². The lowest BCUT2D eigenvalue weighted by molar-refractivity contribution is 0.0785. The zero-order valence-electron chi connectivity index (χ0n) is 15.5. The molecule has 0 saturated carbocycles. The maximum Gasteiger partial charge on any atom is 0.256 e. The van der Waals surface area contributed by atoms with Gasteiger partial charge in [-0.05, 0) is 38.1 Å². The van der Waals surface area contributed by atoms with Gasteiger partial charge in [0.25, 0.3) is 11.8 Å². The molecule has 3 aromatic rings. The third-order valence-electron chi connectivity index (χ3n) is 4.36. The van der Waals surface area contributed by atoms with Crippen molar-refractivity contribution in [2.24, 2.45) is 0 Å². The summed E-state index contributed by atoms with van der Waals surface area (Å²) >= 11 is 0. The first-order chi connectivity index (χ1) is 13.0. The molecule has 1 N–H and O–H groups in total. The van der Waals surface area contributed by atoms with Gasteiger partial charge >= 0.3 is 0 Å². The van der Waals surface area contributed by atoms with Gasteiger partial charge in [0.1, 0.15) is 5.76 Å². The van der Waals surface area contributed by atoms with Gasteiger partial charge in [-0.15, -0.1) is 0 Å². The van der Waals surface area contributed by atoms with Crippen molar-refractivity contribution in [1.29, 1.82) is 0 Å². The van der Waals surface area contributed by atoms with E-state index in [0.29, 0.717) is 29.1 Å². The maximum atomic E-state index is 13.0. The van der Waals surface area contributed by atoms with Crippen LogP contribution in [-0.4, -0.2) is 28.9 Å². The second kappa shape index (κ2) is 7.86. The van der Waals surface area contributed by atoms with E-state index in [1.807, 2.05) is 19.9 Å². The van der Waals surface area contributed by atoms with Crippen molar-refractivity contribution in [3.63, 3.8) is 0 Å². The van der Waals surface area contributed by atoms with E-state index in [-0.39, 0.29) is 11.8 Å². The third kappa shape index (κ3) is 4.06. The number of rotatable bonds is 5. The number of aryl methyl sites for hydroxylation is 2. The molecule has 2 amide bonds. The van der Waals surface area contributed by atoms with Crippen LogP contribution in [0.4, 0.5) is 5.69 Å². The van der Waals surface area contributed by atoms with Crippen molar-refractivity contribution in [2.45, 2.75) is 20.4 Å². The van der Waals surface area contributed by atoms with E-state index < -0.39 is 0 Å². The van der Waals surface area contributed by atoms with Crippen molar-refractivity contribution in [3.8, 4) is 0 Å². The van der Waals surface area contributed by atoms with Crippen LogP contribution in [0.25, 0.3) is 0 Å².